The fraction of sp³-hybridized carbons (Fsp3) is 0.478. The number of rotatable bonds is 9. The van der Waals surface area contributed by atoms with Crippen LogP contribution in [0.2, 0.25) is 0 Å². The summed E-state index contributed by atoms with van der Waals surface area (Å²) in [5, 5.41) is 13.7. The predicted octanol–water partition coefficient (Wildman–Crippen LogP) is 3.14. The summed E-state index contributed by atoms with van der Waals surface area (Å²) in [6, 6.07) is 5.84. The van der Waals surface area contributed by atoms with Gasteiger partial charge in [0.1, 0.15) is 11.6 Å². The van der Waals surface area contributed by atoms with Crippen molar-refractivity contribution in [2.75, 3.05) is 0 Å². The van der Waals surface area contributed by atoms with Gasteiger partial charge in [0.25, 0.3) is 0 Å². The first-order chi connectivity index (χ1) is 15.8. The Morgan fingerprint density at radius 1 is 1.15 bits per heavy atom. The molecule has 0 spiro atoms. The van der Waals surface area contributed by atoms with E-state index in [4.69, 9.17) is 9.47 Å². The number of benzene rings is 1. The van der Waals surface area contributed by atoms with Crippen LogP contribution >= 0.6 is 0 Å². The summed E-state index contributed by atoms with van der Waals surface area (Å²) < 4.78 is 11.8. The molecule has 1 atom stereocenters. The number of hydrogen-bond acceptors (Lipinski definition) is 8. The van der Waals surface area contributed by atoms with Gasteiger partial charge in [-0.15, -0.1) is 0 Å². The van der Waals surface area contributed by atoms with E-state index in [1.54, 1.807) is 58.9 Å². The molecule has 1 N–H and O–H groups in total. The molecule has 0 fully saturated rings. The van der Waals surface area contributed by atoms with Crippen LogP contribution in [0, 0.1) is 10.1 Å². The minimum Gasteiger partial charge on any atom is -0.461 e. The normalized spacial score (nSPS) is 12.2. The van der Waals surface area contributed by atoms with E-state index in [-0.39, 0.29) is 24.6 Å². The summed E-state index contributed by atoms with van der Waals surface area (Å²) in [7, 11) is 1.52. The number of aromatic nitrogens is 2. The molecule has 0 saturated heterocycles. The van der Waals surface area contributed by atoms with E-state index in [2.05, 4.69) is 10.3 Å². The van der Waals surface area contributed by atoms with Crippen LogP contribution in [0.15, 0.2) is 30.6 Å². The van der Waals surface area contributed by atoms with Gasteiger partial charge >= 0.3 is 17.9 Å². The van der Waals surface area contributed by atoms with Gasteiger partial charge in [0.2, 0.25) is 6.33 Å². The second-order valence-electron chi connectivity index (χ2n) is 9.09. The highest BCUT2D eigenvalue weighted by atomic mass is 16.6. The Hall–Kier alpha value is -3.76. The van der Waals surface area contributed by atoms with Gasteiger partial charge in [-0.1, -0.05) is 24.3 Å². The van der Waals surface area contributed by atoms with Gasteiger partial charge in [-0.3, -0.25) is 4.79 Å². The Bertz CT molecular complexity index is 1050. The first kappa shape index (κ1) is 26.5. The van der Waals surface area contributed by atoms with Crippen molar-refractivity contribution in [1.82, 2.24) is 14.9 Å². The van der Waals surface area contributed by atoms with E-state index in [0.29, 0.717) is 11.1 Å². The van der Waals surface area contributed by atoms with Gasteiger partial charge in [0.15, 0.2) is 11.5 Å². The number of ketones is 1. The quantitative estimate of drug-likeness (QED) is 0.253. The van der Waals surface area contributed by atoms with Crippen molar-refractivity contribution in [1.29, 1.82) is 0 Å². The average molecular weight is 475 g/mol. The van der Waals surface area contributed by atoms with Gasteiger partial charge in [-0.2, -0.15) is 0 Å². The third-order valence-corrected chi connectivity index (χ3v) is 4.51. The van der Waals surface area contributed by atoms with Crippen LogP contribution in [0.3, 0.4) is 0 Å². The van der Waals surface area contributed by atoms with Crippen LogP contribution in [0.4, 0.5) is 10.6 Å². The Balaban J connectivity index is 2.13. The molecular weight excluding hydrogens is 444 g/mol. The third-order valence-electron chi connectivity index (χ3n) is 4.51. The lowest BCUT2D eigenvalue weighted by Gasteiger charge is -2.23. The van der Waals surface area contributed by atoms with Crippen LogP contribution in [0.25, 0.3) is 0 Å². The maximum Gasteiger partial charge on any atom is 0.408 e. The van der Waals surface area contributed by atoms with Gasteiger partial charge < -0.3 is 29.5 Å². The minimum atomic E-state index is -0.971. The molecule has 0 saturated carbocycles. The molecule has 1 heterocycles. The van der Waals surface area contributed by atoms with Gasteiger partial charge in [0, 0.05) is 19.9 Å². The van der Waals surface area contributed by atoms with E-state index in [0.717, 1.165) is 0 Å². The summed E-state index contributed by atoms with van der Waals surface area (Å²) in [5.41, 5.74) is 0.538. The van der Waals surface area contributed by atoms with Crippen molar-refractivity contribution in [3.8, 4) is 0 Å². The molecule has 0 aliphatic rings. The van der Waals surface area contributed by atoms with Crippen molar-refractivity contribution >= 4 is 23.7 Å². The van der Waals surface area contributed by atoms with E-state index in [1.807, 2.05) is 0 Å². The monoisotopic (exact) mass is 474 g/mol. The Morgan fingerprint density at radius 3 is 2.26 bits per heavy atom. The first-order valence-electron chi connectivity index (χ1n) is 10.7. The lowest BCUT2D eigenvalue weighted by molar-refractivity contribution is -0.389. The number of carbonyl (C=O) groups excluding carboxylic acids is 3. The molecule has 0 unspecified atom stereocenters. The summed E-state index contributed by atoms with van der Waals surface area (Å²) in [6.07, 6.45) is 0.211. The molecule has 2 rings (SSSR count). The number of Topliss-reactive ketones (excluding diaryl/α,β-unsaturated/α-hetero) is 1. The number of alkyl carbamates (subject to hydrolysis) is 1. The van der Waals surface area contributed by atoms with Crippen molar-refractivity contribution in [2.45, 2.75) is 65.2 Å². The van der Waals surface area contributed by atoms with Crippen LogP contribution in [-0.4, -0.2) is 50.1 Å². The SMILES string of the molecule is CC(C)OC(=O)[C@H](Cc1ccc(CC(=O)c2c([N+](=O)[O-])ncn2C)cc1)NC(=O)OC(C)(C)C. The molecule has 0 aliphatic carbocycles. The fourth-order valence-corrected chi connectivity index (χ4v) is 3.13. The summed E-state index contributed by atoms with van der Waals surface area (Å²) in [5.74, 6) is -1.52. The molecule has 1 amide bonds. The van der Waals surface area contributed by atoms with E-state index < -0.39 is 40.2 Å². The Morgan fingerprint density at radius 2 is 1.74 bits per heavy atom. The summed E-state index contributed by atoms with van der Waals surface area (Å²) >= 11 is 0. The zero-order valence-corrected chi connectivity index (χ0v) is 20.2. The lowest BCUT2D eigenvalue weighted by Crippen LogP contribution is -2.46. The predicted molar refractivity (Wildman–Crippen MR) is 122 cm³/mol. The van der Waals surface area contributed by atoms with Crippen LogP contribution < -0.4 is 5.32 Å². The molecule has 0 bridgehead atoms. The molecule has 0 aliphatic heterocycles. The molecule has 34 heavy (non-hydrogen) atoms. The van der Waals surface area contributed by atoms with Gasteiger partial charge in [-0.25, -0.2) is 9.59 Å². The molecular formula is C23H30N4O7. The number of amides is 1. The Kier molecular flexibility index (Phi) is 8.50. The topological polar surface area (TPSA) is 143 Å². The second kappa shape index (κ2) is 10.9. The standard InChI is InChI=1S/C23H30N4O7/c1-14(2)33-21(29)17(25-22(30)34-23(3,4)5)11-15-7-9-16(10-8-15)12-18(28)19-20(27(31)32)24-13-26(19)6/h7-10,13-14,17H,11-12H2,1-6H3,(H,25,30)/t17-/m0/s1. The second-order valence-corrected chi connectivity index (χ2v) is 9.09. The van der Waals surface area contributed by atoms with Gasteiger partial charge in [-0.05, 0) is 55.7 Å². The third kappa shape index (κ3) is 7.68. The van der Waals surface area contributed by atoms with E-state index in [1.165, 1.54) is 17.9 Å². The maximum atomic E-state index is 12.6. The average Bonchev–Trinajstić information content (AvgIpc) is 3.09. The number of hydrogen-bond donors (Lipinski definition) is 1. The molecule has 2 aromatic rings. The van der Waals surface area contributed by atoms with Crippen LogP contribution in [0.5, 0.6) is 0 Å². The number of ether oxygens (including phenoxy) is 2. The highest BCUT2D eigenvalue weighted by Crippen LogP contribution is 2.18. The summed E-state index contributed by atoms with van der Waals surface area (Å²) in [6.45, 7) is 8.57. The van der Waals surface area contributed by atoms with Gasteiger partial charge in [0.05, 0.1) is 6.10 Å². The van der Waals surface area contributed by atoms with E-state index in [9.17, 15) is 24.5 Å². The number of nitrogens with zero attached hydrogens (tertiary/aromatic N) is 3. The zero-order valence-electron chi connectivity index (χ0n) is 20.2. The summed E-state index contributed by atoms with van der Waals surface area (Å²) in [4.78, 5) is 51.4. The van der Waals surface area contributed by atoms with E-state index >= 15 is 0 Å². The van der Waals surface area contributed by atoms with Crippen LogP contribution in [0.1, 0.15) is 56.2 Å². The number of carbonyl (C=O) groups is 3. The van der Waals surface area contributed by atoms with Crippen molar-refractivity contribution < 1.29 is 28.8 Å². The molecule has 184 valence electrons. The number of nitrogens with one attached hydrogen (secondary N) is 1. The molecule has 1 aromatic carbocycles. The number of aryl methyl sites for hydroxylation is 1. The first-order valence-corrected chi connectivity index (χ1v) is 10.7. The Labute approximate surface area is 197 Å². The largest absolute Gasteiger partial charge is 0.461 e. The maximum absolute atomic E-state index is 12.6. The minimum absolute atomic E-state index is 0.0599. The molecule has 1 aromatic heterocycles. The molecule has 11 nitrogen and oxygen atoms in total. The lowest BCUT2D eigenvalue weighted by atomic mass is 10.0. The smallest absolute Gasteiger partial charge is 0.408 e. The fourth-order valence-electron chi connectivity index (χ4n) is 3.13. The highest BCUT2D eigenvalue weighted by Gasteiger charge is 2.28. The highest BCUT2D eigenvalue weighted by molar-refractivity contribution is 5.99. The number of imidazole rings is 1. The van der Waals surface area contributed by atoms with Crippen molar-refractivity contribution in [3.05, 3.63) is 57.5 Å². The zero-order chi connectivity index (χ0) is 25.6. The van der Waals surface area contributed by atoms with Crippen molar-refractivity contribution in [3.63, 3.8) is 0 Å². The number of nitro groups is 1. The molecule has 0 radical (unpaired) electrons. The van der Waals surface area contributed by atoms with Crippen molar-refractivity contribution in [2.24, 2.45) is 7.05 Å². The molecule has 11 heteroatoms. The number of esters is 1. The van der Waals surface area contributed by atoms with Crippen LogP contribution in [-0.2, 0) is 34.2 Å².